The van der Waals surface area contributed by atoms with Gasteiger partial charge in [0.05, 0.1) is 11.4 Å². The van der Waals surface area contributed by atoms with Gasteiger partial charge in [0.2, 0.25) is 5.91 Å². The van der Waals surface area contributed by atoms with E-state index in [1.54, 1.807) is 10.7 Å². The van der Waals surface area contributed by atoms with Crippen molar-refractivity contribution in [3.63, 3.8) is 0 Å². The van der Waals surface area contributed by atoms with E-state index in [0.29, 0.717) is 29.7 Å². The predicted octanol–water partition coefficient (Wildman–Crippen LogP) is 4.38. The van der Waals surface area contributed by atoms with Gasteiger partial charge in [0.25, 0.3) is 0 Å². The van der Waals surface area contributed by atoms with Gasteiger partial charge in [0.15, 0.2) is 0 Å². The number of hydrogen-bond acceptors (Lipinski definition) is 3. The molecule has 32 heavy (non-hydrogen) atoms. The summed E-state index contributed by atoms with van der Waals surface area (Å²) in [4.78, 5) is 24.3. The van der Waals surface area contributed by atoms with Crippen LogP contribution in [0.4, 0.5) is 26.4 Å². The summed E-state index contributed by atoms with van der Waals surface area (Å²) in [5.41, 5.74) is 3.84. The minimum atomic E-state index is -0.492. The van der Waals surface area contributed by atoms with Crippen LogP contribution in [0.25, 0.3) is 5.69 Å². The van der Waals surface area contributed by atoms with Crippen LogP contribution in [0.5, 0.6) is 0 Å². The Kier molecular flexibility index (Phi) is 6.51. The van der Waals surface area contributed by atoms with Crippen molar-refractivity contribution in [3.05, 3.63) is 59.5 Å². The molecule has 1 aliphatic rings. The molecule has 2 heterocycles. The molecule has 0 fully saturated rings. The molecular formula is C23H25FN5O2P. The number of amides is 3. The standard InChI is InChI=1S/C23H25FN5O2P/c1-2-3-4-16-13-21(27-23(31)25-17-10-15(24)11-19(32)12-17)29(28-16)18-6-7-20-14(9-18)5-8-22(30)26-20/h6-7,9-13H,2-5,8,32H2,1H3,(H,26,30)(H2,25,27,31). The lowest BCUT2D eigenvalue weighted by Gasteiger charge is -2.18. The largest absolute Gasteiger partial charge is 0.326 e. The summed E-state index contributed by atoms with van der Waals surface area (Å²) in [7, 11) is 2.41. The summed E-state index contributed by atoms with van der Waals surface area (Å²) in [6, 6.07) is 11.3. The minimum absolute atomic E-state index is 0.0104. The molecule has 0 aliphatic carbocycles. The molecule has 2 aromatic carbocycles. The molecule has 4 rings (SSSR count). The summed E-state index contributed by atoms with van der Waals surface area (Å²) >= 11 is 0. The molecule has 1 unspecified atom stereocenters. The third-order valence-electron chi connectivity index (χ3n) is 5.19. The van der Waals surface area contributed by atoms with Crippen LogP contribution in [-0.2, 0) is 17.6 Å². The molecule has 1 aliphatic heterocycles. The molecule has 166 valence electrons. The van der Waals surface area contributed by atoms with Crippen molar-refractivity contribution in [1.82, 2.24) is 9.78 Å². The summed E-state index contributed by atoms with van der Waals surface area (Å²) in [6.45, 7) is 2.11. The Hall–Kier alpha value is -3.25. The van der Waals surface area contributed by atoms with Gasteiger partial charge < -0.3 is 10.6 Å². The third-order valence-corrected chi connectivity index (χ3v) is 5.53. The Morgan fingerprint density at radius 2 is 2.03 bits per heavy atom. The highest BCUT2D eigenvalue weighted by Gasteiger charge is 2.18. The zero-order valence-electron chi connectivity index (χ0n) is 17.7. The normalized spacial score (nSPS) is 12.8. The maximum atomic E-state index is 13.6. The molecule has 1 atom stereocenters. The SMILES string of the molecule is CCCCc1cc(NC(=O)Nc2cc(F)cc(P)c2)n(-c2ccc3c(c2)CCC(=O)N3)n1. The summed E-state index contributed by atoms with van der Waals surface area (Å²) < 4.78 is 15.3. The number of unbranched alkanes of at least 4 members (excludes halogenated alkanes) is 1. The average Bonchev–Trinajstić information content (AvgIpc) is 3.13. The molecule has 3 amide bonds. The number of fused-ring (bicyclic) bond motifs is 1. The zero-order valence-corrected chi connectivity index (χ0v) is 18.9. The number of carbonyl (C=O) groups excluding carboxylic acids is 2. The first kappa shape index (κ1) is 22.0. The number of urea groups is 1. The molecule has 1 aromatic heterocycles. The second-order valence-electron chi connectivity index (χ2n) is 7.78. The van der Waals surface area contributed by atoms with Crippen LogP contribution in [0.3, 0.4) is 0 Å². The van der Waals surface area contributed by atoms with Gasteiger partial charge >= 0.3 is 6.03 Å². The highest BCUT2D eigenvalue weighted by atomic mass is 31.0. The van der Waals surface area contributed by atoms with Gasteiger partial charge in [0.1, 0.15) is 11.6 Å². The van der Waals surface area contributed by atoms with Gasteiger partial charge in [-0.25, -0.2) is 13.9 Å². The monoisotopic (exact) mass is 453 g/mol. The quantitative estimate of drug-likeness (QED) is 0.484. The molecule has 3 N–H and O–H groups in total. The van der Waals surface area contributed by atoms with E-state index >= 15 is 0 Å². The van der Waals surface area contributed by atoms with E-state index in [1.165, 1.54) is 12.1 Å². The number of aromatic nitrogens is 2. The van der Waals surface area contributed by atoms with Crippen molar-refractivity contribution in [1.29, 1.82) is 0 Å². The van der Waals surface area contributed by atoms with Crippen molar-refractivity contribution < 1.29 is 14.0 Å². The van der Waals surface area contributed by atoms with Crippen LogP contribution in [-0.4, -0.2) is 21.7 Å². The number of rotatable bonds is 6. The van der Waals surface area contributed by atoms with Gasteiger partial charge in [-0.05, 0) is 66.5 Å². The Balaban J connectivity index is 1.60. The van der Waals surface area contributed by atoms with Crippen molar-refractivity contribution in [3.8, 4) is 5.69 Å². The van der Waals surface area contributed by atoms with E-state index in [0.717, 1.165) is 41.9 Å². The van der Waals surface area contributed by atoms with Crippen LogP contribution in [0.2, 0.25) is 0 Å². The molecule has 0 radical (unpaired) electrons. The Bertz CT molecular complexity index is 1160. The Morgan fingerprint density at radius 3 is 2.81 bits per heavy atom. The molecular weight excluding hydrogens is 428 g/mol. The Labute approximate surface area is 188 Å². The van der Waals surface area contributed by atoms with E-state index in [9.17, 15) is 14.0 Å². The number of hydrogen-bond donors (Lipinski definition) is 3. The van der Waals surface area contributed by atoms with Gasteiger partial charge in [-0.3, -0.25) is 10.1 Å². The van der Waals surface area contributed by atoms with Crippen LogP contribution in [0.1, 0.15) is 37.4 Å². The van der Waals surface area contributed by atoms with Crippen LogP contribution >= 0.6 is 9.24 Å². The third kappa shape index (κ3) is 5.14. The van der Waals surface area contributed by atoms with Gasteiger partial charge in [-0.2, -0.15) is 5.10 Å². The van der Waals surface area contributed by atoms with Crippen molar-refractivity contribution in [2.45, 2.75) is 39.0 Å². The molecule has 0 bridgehead atoms. The van der Waals surface area contributed by atoms with E-state index in [1.807, 2.05) is 24.3 Å². The highest BCUT2D eigenvalue weighted by Crippen LogP contribution is 2.27. The fourth-order valence-corrected chi connectivity index (χ4v) is 4.00. The smallest absolute Gasteiger partial charge is 0.324 e. The van der Waals surface area contributed by atoms with E-state index in [-0.39, 0.29) is 5.91 Å². The minimum Gasteiger partial charge on any atom is -0.326 e. The first-order valence-corrected chi connectivity index (χ1v) is 11.1. The number of aryl methyl sites for hydroxylation is 2. The number of nitrogens with one attached hydrogen (secondary N) is 3. The average molecular weight is 453 g/mol. The van der Waals surface area contributed by atoms with E-state index in [2.05, 4.69) is 32.1 Å². The topological polar surface area (TPSA) is 88.0 Å². The number of anilines is 3. The summed E-state index contributed by atoms with van der Waals surface area (Å²) in [5, 5.41) is 13.7. The second kappa shape index (κ2) is 9.49. The van der Waals surface area contributed by atoms with E-state index < -0.39 is 11.8 Å². The fourth-order valence-electron chi connectivity index (χ4n) is 3.66. The zero-order chi connectivity index (χ0) is 22.7. The van der Waals surface area contributed by atoms with Crippen molar-refractivity contribution in [2.75, 3.05) is 16.0 Å². The van der Waals surface area contributed by atoms with Crippen molar-refractivity contribution >= 4 is 43.7 Å². The lowest BCUT2D eigenvalue weighted by atomic mass is 10.0. The molecule has 0 spiro atoms. The van der Waals surface area contributed by atoms with Crippen LogP contribution in [0.15, 0.2) is 42.5 Å². The van der Waals surface area contributed by atoms with E-state index in [4.69, 9.17) is 5.10 Å². The first-order chi connectivity index (χ1) is 15.4. The predicted molar refractivity (Wildman–Crippen MR) is 128 cm³/mol. The van der Waals surface area contributed by atoms with Gasteiger partial charge in [-0.15, -0.1) is 9.24 Å². The lowest BCUT2D eigenvalue weighted by Crippen LogP contribution is -2.22. The first-order valence-electron chi connectivity index (χ1n) is 10.6. The van der Waals surface area contributed by atoms with Gasteiger partial charge in [0, 0.05) is 23.9 Å². The number of carbonyl (C=O) groups is 2. The maximum Gasteiger partial charge on any atom is 0.324 e. The molecule has 0 saturated heterocycles. The molecule has 9 heteroatoms. The molecule has 3 aromatic rings. The number of halogens is 1. The van der Waals surface area contributed by atoms with Crippen molar-refractivity contribution in [2.24, 2.45) is 0 Å². The van der Waals surface area contributed by atoms with Gasteiger partial charge in [-0.1, -0.05) is 13.3 Å². The maximum absolute atomic E-state index is 13.6. The van der Waals surface area contributed by atoms with Crippen LogP contribution in [0, 0.1) is 5.82 Å². The summed E-state index contributed by atoms with van der Waals surface area (Å²) in [6.07, 6.45) is 3.90. The summed E-state index contributed by atoms with van der Waals surface area (Å²) in [5.74, 6) is 0.0907. The Morgan fingerprint density at radius 1 is 1.19 bits per heavy atom. The fraction of sp³-hybridized carbons (Fsp3) is 0.261. The highest BCUT2D eigenvalue weighted by molar-refractivity contribution is 7.27. The molecule has 7 nitrogen and oxygen atoms in total. The second-order valence-corrected chi connectivity index (χ2v) is 8.44. The molecule has 0 saturated carbocycles. The van der Waals surface area contributed by atoms with Crippen LogP contribution < -0.4 is 21.3 Å². The number of benzene rings is 2. The lowest BCUT2D eigenvalue weighted by molar-refractivity contribution is -0.116. The number of nitrogens with zero attached hydrogens (tertiary/aromatic N) is 2.